The second kappa shape index (κ2) is 8.78. The maximum Gasteiger partial charge on any atom is 0.343 e. The zero-order valence-electron chi connectivity index (χ0n) is 21.3. The van der Waals surface area contributed by atoms with Gasteiger partial charge in [0, 0.05) is 23.6 Å². The van der Waals surface area contributed by atoms with Crippen LogP contribution in [0.25, 0.3) is 22.2 Å². The Morgan fingerprint density at radius 3 is 2.68 bits per heavy atom. The van der Waals surface area contributed by atoms with Crippen LogP contribution in [0.5, 0.6) is 5.75 Å². The Hall–Kier alpha value is -3.50. The second-order valence-corrected chi connectivity index (χ2v) is 10.5. The Bertz CT molecular complexity index is 1620. The van der Waals surface area contributed by atoms with Gasteiger partial charge in [-0.3, -0.25) is 9.59 Å². The third kappa shape index (κ3) is 3.54. The molecule has 38 heavy (non-hydrogen) atoms. The molecule has 10 heteroatoms. The molecule has 0 amide bonds. The molecule has 4 heterocycles. The summed E-state index contributed by atoms with van der Waals surface area (Å²) in [5.74, 6) is -1.20. The van der Waals surface area contributed by atoms with E-state index in [-0.39, 0.29) is 53.1 Å². The lowest BCUT2D eigenvalue weighted by atomic mass is 9.85. The van der Waals surface area contributed by atoms with Crippen molar-refractivity contribution in [3.8, 4) is 17.0 Å². The first kappa shape index (κ1) is 24.8. The standard InChI is InChI=1S/C28H29FN2O7/c1-3-28(36)17-10-20-24-21(12-31(20)26(34)16(17)13-38-27(28)35)30(8-4-5-22(32)14-6-7-14)19-11-23(37-2)18(29)9-15(19)25(24)33/h9-11,14,22,32,36H,3-8,12-13H2,1-2H3/t22?,28-/m0/s1. The van der Waals surface area contributed by atoms with E-state index in [9.17, 15) is 29.0 Å². The number of esters is 1. The zero-order valence-corrected chi connectivity index (χ0v) is 21.3. The molecule has 200 valence electrons. The van der Waals surface area contributed by atoms with Crippen LogP contribution in [0.2, 0.25) is 0 Å². The van der Waals surface area contributed by atoms with Gasteiger partial charge >= 0.3 is 5.97 Å². The maximum atomic E-state index is 14.8. The van der Waals surface area contributed by atoms with Gasteiger partial charge in [-0.05, 0) is 50.2 Å². The normalized spacial score (nSPS) is 20.6. The van der Waals surface area contributed by atoms with E-state index in [2.05, 4.69) is 0 Å². The van der Waals surface area contributed by atoms with Crippen LogP contribution in [0.1, 0.15) is 55.8 Å². The van der Waals surface area contributed by atoms with E-state index in [1.807, 2.05) is 4.57 Å². The molecule has 2 atom stereocenters. The highest BCUT2D eigenvalue weighted by Crippen LogP contribution is 2.39. The number of ether oxygens (including phenoxy) is 2. The molecule has 1 saturated carbocycles. The molecule has 1 unspecified atom stereocenters. The summed E-state index contributed by atoms with van der Waals surface area (Å²) in [5.41, 5.74) is -1.02. The smallest absolute Gasteiger partial charge is 0.343 e. The Morgan fingerprint density at radius 2 is 2.00 bits per heavy atom. The molecule has 0 saturated heterocycles. The number of hydrogen-bond acceptors (Lipinski definition) is 7. The molecule has 2 N–H and O–H groups in total. The number of aliphatic hydroxyl groups is 2. The number of carbonyl (C=O) groups is 1. The summed E-state index contributed by atoms with van der Waals surface area (Å²) in [6.45, 7) is 1.87. The quantitative estimate of drug-likeness (QED) is 0.357. The Kier molecular flexibility index (Phi) is 5.73. The van der Waals surface area contributed by atoms with Crippen molar-refractivity contribution in [2.24, 2.45) is 5.92 Å². The largest absolute Gasteiger partial charge is 0.494 e. The van der Waals surface area contributed by atoms with Crippen LogP contribution in [0.4, 0.5) is 4.39 Å². The summed E-state index contributed by atoms with van der Waals surface area (Å²) in [7, 11) is 1.35. The van der Waals surface area contributed by atoms with Gasteiger partial charge in [0.1, 0.15) is 6.61 Å². The highest BCUT2D eigenvalue weighted by molar-refractivity contribution is 5.88. The van der Waals surface area contributed by atoms with Crippen molar-refractivity contribution in [3.05, 3.63) is 61.4 Å². The fourth-order valence-corrected chi connectivity index (χ4v) is 5.92. The van der Waals surface area contributed by atoms with E-state index < -0.39 is 34.5 Å². The fourth-order valence-electron chi connectivity index (χ4n) is 5.92. The van der Waals surface area contributed by atoms with Gasteiger partial charge in [-0.25, -0.2) is 9.18 Å². The molecule has 3 aliphatic rings. The van der Waals surface area contributed by atoms with Crippen molar-refractivity contribution in [3.63, 3.8) is 0 Å². The predicted octanol–water partition coefficient (Wildman–Crippen LogP) is 2.55. The first-order chi connectivity index (χ1) is 18.2. The summed E-state index contributed by atoms with van der Waals surface area (Å²) < 4.78 is 28.4. The van der Waals surface area contributed by atoms with Crippen LogP contribution in [0, 0.1) is 11.7 Å². The lowest BCUT2D eigenvalue weighted by Crippen LogP contribution is -2.44. The van der Waals surface area contributed by atoms with Crippen LogP contribution < -0.4 is 15.7 Å². The average Bonchev–Trinajstić information content (AvgIpc) is 3.69. The number of carbonyl (C=O) groups excluding carboxylic acids is 1. The summed E-state index contributed by atoms with van der Waals surface area (Å²) in [6.07, 6.45) is 2.83. The Morgan fingerprint density at radius 1 is 1.24 bits per heavy atom. The van der Waals surface area contributed by atoms with Crippen LogP contribution in [-0.4, -0.2) is 38.5 Å². The predicted molar refractivity (Wildman–Crippen MR) is 135 cm³/mol. The number of hydrogen-bond donors (Lipinski definition) is 2. The lowest BCUT2D eigenvalue weighted by molar-refractivity contribution is -0.172. The molecule has 1 fully saturated rings. The summed E-state index contributed by atoms with van der Waals surface area (Å²) in [5, 5.41) is 21.6. The maximum absolute atomic E-state index is 14.8. The van der Waals surface area contributed by atoms with E-state index >= 15 is 0 Å². The molecule has 2 aromatic heterocycles. The fraction of sp³-hybridized carbons (Fsp3) is 0.464. The van der Waals surface area contributed by atoms with E-state index in [1.165, 1.54) is 23.8 Å². The van der Waals surface area contributed by atoms with Gasteiger partial charge in [-0.2, -0.15) is 0 Å². The molecule has 0 radical (unpaired) electrons. The van der Waals surface area contributed by atoms with E-state index in [0.717, 1.165) is 18.9 Å². The second-order valence-electron chi connectivity index (χ2n) is 10.5. The van der Waals surface area contributed by atoms with Crippen LogP contribution >= 0.6 is 0 Å². The number of halogens is 1. The van der Waals surface area contributed by atoms with Crippen molar-refractivity contribution in [1.82, 2.24) is 9.13 Å². The van der Waals surface area contributed by atoms with Gasteiger partial charge in [-0.15, -0.1) is 0 Å². The summed E-state index contributed by atoms with van der Waals surface area (Å²) in [4.78, 5) is 39.9. The van der Waals surface area contributed by atoms with E-state index in [4.69, 9.17) is 9.47 Å². The zero-order chi connectivity index (χ0) is 26.9. The lowest BCUT2D eigenvalue weighted by Gasteiger charge is -2.31. The van der Waals surface area contributed by atoms with Crippen molar-refractivity contribution in [2.75, 3.05) is 7.11 Å². The Balaban J connectivity index is 1.57. The molecule has 9 nitrogen and oxygen atoms in total. The molecular weight excluding hydrogens is 495 g/mol. The molecule has 1 aliphatic carbocycles. The monoisotopic (exact) mass is 524 g/mol. The number of aromatic nitrogens is 2. The number of benzene rings is 1. The minimum atomic E-state index is -2.00. The van der Waals surface area contributed by atoms with Gasteiger partial charge < -0.3 is 28.8 Å². The van der Waals surface area contributed by atoms with Crippen molar-refractivity contribution < 1.29 is 28.9 Å². The van der Waals surface area contributed by atoms with Gasteiger partial charge in [0.25, 0.3) is 5.56 Å². The van der Waals surface area contributed by atoms with Gasteiger partial charge in [-0.1, -0.05) is 6.92 Å². The first-order valence-electron chi connectivity index (χ1n) is 13.0. The third-order valence-corrected chi connectivity index (χ3v) is 8.30. The molecule has 0 spiro atoms. The number of fused-ring (bicyclic) bond motifs is 5. The van der Waals surface area contributed by atoms with E-state index in [1.54, 1.807) is 6.92 Å². The number of nitrogens with zero attached hydrogens (tertiary/aromatic N) is 2. The first-order valence-corrected chi connectivity index (χ1v) is 13.0. The minimum Gasteiger partial charge on any atom is -0.494 e. The summed E-state index contributed by atoms with van der Waals surface area (Å²) in [6, 6.07) is 4.16. The summed E-state index contributed by atoms with van der Waals surface area (Å²) >= 11 is 0. The average molecular weight is 525 g/mol. The number of rotatable bonds is 7. The number of methoxy groups -OCH3 is 1. The van der Waals surface area contributed by atoms with Gasteiger partial charge in [0.2, 0.25) is 0 Å². The van der Waals surface area contributed by atoms with E-state index in [0.29, 0.717) is 36.5 Å². The molecule has 2 aliphatic heterocycles. The van der Waals surface area contributed by atoms with Crippen LogP contribution in [0.3, 0.4) is 0 Å². The third-order valence-electron chi connectivity index (χ3n) is 8.30. The van der Waals surface area contributed by atoms with Crippen LogP contribution in [0.15, 0.2) is 27.8 Å². The van der Waals surface area contributed by atoms with Crippen LogP contribution in [-0.2, 0) is 34.8 Å². The molecule has 6 rings (SSSR count). The van der Waals surface area contributed by atoms with Crippen molar-refractivity contribution in [2.45, 2.75) is 70.4 Å². The highest BCUT2D eigenvalue weighted by atomic mass is 19.1. The van der Waals surface area contributed by atoms with Crippen molar-refractivity contribution >= 4 is 16.9 Å². The molecule has 3 aromatic rings. The minimum absolute atomic E-state index is 0.00423. The molecule has 0 bridgehead atoms. The Labute approximate surface area is 217 Å². The number of aliphatic hydroxyl groups excluding tert-OH is 1. The number of cyclic esters (lactones) is 1. The highest BCUT2D eigenvalue weighted by Gasteiger charge is 2.45. The van der Waals surface area contributed by atoms with Crippen molar-refractivity contribution in [1.29, 1.82) is 0 Å². The SMILES string of the molecule is CC[C@@]1(O)C(=O)OCc2c1cc1n(c2=O)Cc2c-1c(=O)c1cc(F)c(OC)cc1n2CCCC(O)C1CC1. The number of pyridine rings is 2. The molecular formula is C28H29FN2O7. The topological polar surface area (TPSA) is 120 Å². The molecule has 1 aromatic carbocycles. The number of aryl methyl sites for hydroxylation is 1. The van der Waals surface area contributed by atoms with Gasteiger partial charge in [0.05, 0.1) is 47.8 Å². The van der Waals surface area contributed by atoms with Gasteiger partial charge in [0.15, 0.2) is 22.6 Å².